The van der Waals surface area contributed by atoms with E-state index in [-0.39, 0.29) is 12.4 Å². The highest BCUT2D eigenvalue weighted by atomic mass is 35.5. The van der Waals surface area contributed by atoms with Crippen molar-refractivity contribution in [1.29, 1.82) is 0 Å². The van der Waals surface area contributed by atoms with E-state index in [1.807, 2.05) is 0 Å². The van der Waals surface area contributed by atoms with Crippen LogP contribution in [0.1, 0.15) is 51.0 Å². The van der Waals surface area contributed by atoms with E-state index in [2.05, 4.69) is 36.9 Å². The zero-order valence-electron chi connectivity index (χ0n) is 10.0. The van der Waals surface area contributed by atoms with Gasteiger partial charge in [0.25, 0.3) is 0 Å². The summed E-state index contributed by atoms with van der Waals surface area (Å²) in [5, 5.41) is 0. The topological polar surface area (TPSA) is 4.93 Å². The lowest BCUT2D eigenvalue weighted by atomic mass is 10.1. The van der Waals surface area contributed by atoms with Gasteiger partial charge in [-0.2, -0.15) is 0 Å². The third-order valence-corrected chi connectivity index (χ3v) is 2.67. The molecule has 0 unspecified atom stereocenters. The molecule has 1 aromatic rings. The molecule has 1 aromatic heterocycles. The molecule has 15 heavy (non-hydrogen) atoms. The van der Waals surface area contributed by atoms with Gasteiger partial charge in [-0.3, -0.25) is 0 Å². The Labute approximate surface area is 100 Å². The van der Waals surface area contributed by atoms with E-state index in [0.29, 0.717) is 0 Å². The summed E-state index contributed by atoms with van der Waals surface area (Å²) < 4.78 is 2.30. The van der Waals surface area contributed by atoms with Crippen molar-refractivity contribution in [3.63, 3.8) is 0 Å². The van der Waals surface area contributed by atoms with Gasteiger partial charge in [-0.15, -0.1) is 12.4 Å². The number of hydrogen-bond donors (Lipinski definition) is 0. The maximum Gasteiger partial charge on any atom is 0.0219 e. The van der Waals surface area contributed by atoms with E-state index >= 15 is 0 Å². The number of aryl methyl sites for hydroxylation is 2. The van der Waals surface area contributed by atoms with Crippen molar-refractivity contribution in [2.24, 2.45) is 0 Å². The lowest BCUT2D eigenvalue weighted by Gasteiger charge is -2.02. The molecule has 2 heteroatoms. The van der Waals surface area contributed by atoms with Crippen LogP contribution in [-0.2, 0) is 6.54 Å². The molecule has 0 spiro atoms. The maximum absolute atomic E-state index is 2.30. The van der Waals surface area contributed by atoms with E-state index in [4.69, 9.17) is 0 Å². The number of unbranched alkanes of at least 4 members (excludes halogenated alkanes) is 5. The Morgan fingerprint density at radius 1 is 1.07 bits per heavy atom. The molecule has 0 N–H and O–H groups in total. The summed E-state index contributed by atoms with van der Waals surface area (Å²) in [5.41, 5.74) is 1.37. The summed E-state index contributed by atoms with van der Waals surface area (Å²) in [6, 6.07) is 2.18. The molecule has 1 heterocycles. The van der Waals surface area contributed by atoms with Gasteiger partial charge in [-0.25, -0.2) is 0 Å². The van der Waals surface area contributed by atoms with E-state index in [1.54, 1.807) is 0 Å². The summed E-state index contributed by atoms with van der Waals surface area (Å²) in [6.45, 7) is 5.61. The summed E-state index contributed by atoms with van der Waals surface area (Å²) >= 11 is 0. The van der Waals surface area contributed by atoms with Crippen LogP contribution in [0.3, 0.4) is 0 Å². The molecule has 88 valence electrons. The largest absolute Gasteiger partial charge is 0.354 e. The molecular weight excluding hydrogens is 206 g/mol. The molecule has 0 aliphatic rings. The minimum absolute atomic E-state index is 0. The highest BCUT2D eigenvalue weighted by Gasteiger charge is 1.93. The van der Waals surface area contributed by atoms with Crippen LogP contribution in [-0.4, -0.2) is 4.57 Å². The first-order valence-corrected chi connectivity index (χ1v) is 5.95. The second-order valence-corrected chi connectivity index (χ2v) is 4.19. The van der Waals surface area contributed by atoms with Crippen LogP contribution in [0, 0.1) is 6.92 Å². The summed E-state index contributed by atoms with van der Waals surface area (Å²) in [5.74, 6) is 0. The zero-order chi connectivity index (χ0) is 10.2. The predicted molar refractivity (Wildman–Crippen MR) is 69.8 cm³/mol. The van der Waals surface area contributed by atoms with Crippen molar-refractivity contribution < 1.29 is 0 Å². The van der Waals surface area contributed by atoms with Crippen LogP contribution in [0.2, 0.25) is 0 Å². The lowest BCUT2D eigenvalue weighted by Crippen LogP contribution is -1.93. The second kappa shape index (κ2) is 8.84. The molecular formula is C13H24ClN. The average molecular weight is 230 g/mol. The molecule has 0 bridgehead atoms. The Bertz CT molecular complexity index is 242. The first kappa shape index (κ1) is 14.6. The van der Waals surface area contributed by atoms with Gasteiger partial charge in [-0.05, 0) is 25.0 Å². The first-order chi connectivity index (χ1) is 6.83. The fourth-order valence-corrected chi connectivity index (χ4v) is 1.77. The third kappa shape index (κ3) is 6.62. The number of rotatable bonds is 7. The maximum atomic E-state index is 2.30. The van der Waals surface area contributed by atoms with Crippen LogP contribution < -0.4 is 0 Å². The van der Waals surface area contributed by atoms with Gasteiger partial charge in [0.2, 0.25) is 0 Å². The number of aromatic nitrogens is 1. The standard InChI is InChI=1S/C13H23N.ClH/c1-3-4-5-6-7-8-10-14-11-9-13(2)12-14;/h9,11-12H,3-8,10H2,1-2H3;1H. The number of hydrogen-bond acceptors (Lipinski definition) is 0. The third-order valence-electron chi connectivity index (χ3n) is 2.67. The SMILES string of the molecule is CCCCCCCCn1ccc(C)c1.Cl. The van der Waals surface area contributed by atoms with Gasteiger partial charge < -0.3 is 4.57 Å². The first-order valence-electron chi connectivity index (χ1n) is 5.95. The number of nitrogens with zero attached hydrogens (tertiary/aromatic N) is 1. The van der Waals surface area contributed by atoms with Crippen molar-refractivity contribution in [3.8, 4) is 0 Å². The van der Waals surface area contributed by atoms with Gasteiger partial charge in [0.05, 0.1) is 0 Å². The van der Waals surface area contributed by atoms with Crippen LogP contribution >= 0.6 is 12.4 Å². The smallest absolute Gasteiger partial charge is 0.0219 e. The van der Waals surface area contributed by atoms with Gasteiger partial charge in [0.15, 0.2) is 0 Å². The molecule has 0 aromatic carbocycles. The fraction of sp³-hybridized carbons (Fsp3) is 0.692. The Morgan fingerprint density at radius 3 is 2.33 bits per heavy atom. The normalized spacial score (nSPS) is 10.0. The zero-order valence-corrected chi connectivity index (χ0v) is 10.9. The molecule has 0 fully saturated rings. The van der Waals surface area contributed by atoms with Gasteiger partial charge in [-0.1, -0.05) is 39.0 Å². The molecule has 0 aliphatic carbocycles. The van der Waals surface area contributed by atoms with Crippen LogP contribution in [0.25, 0.3) is 0 Å². The highest BCUT2D eigenvalue weighted by molar-refractivity contribution is 5.85. The summed E-state index contributed by atoms with van der Waals surface area (Å²) in [4.78, 5) is 0. The van der Waals surface area contributed by atoms with E-state index < -0.39 is 0 Å². The van der Waals surface area contributed by atoms with E-state index in [1.165, 1.54) is 50.6 Å². The van der Waals surface area contributed by atoms with Gasteiger partial charge in [0.1, 0.15) is 0 Å². The van der Waals surface area contributed by atoms with Crippen molar-refractivity contribution in [2.45, 2.75) is 58.9 Å². The quantitative estimate of drug-likeness (QED) is 0.604. The molecule has 0 amide bonds. The van der Waals surface area contributed by atoms with Crippen molar-refractivity contribution in [2.75, 3.05) is 0 Å². The molecule has 0 atom stereocenters. The van der Waals surface area contributed by atoms with Crippen molar-refractivity contribution >= 4 is 12.4 Å². The Kier molecular flexibility index (Phi) is 8.59. The monoisotopic (exact) mass is 229 g/mol. The predicted octanol–water partition coefficient (Wildman–Crippen LogP) is 4.58. The fourth-order valence-electron chi connectivity index (χ4n) is 1.77. The molecule has 1 nitrogen and oxygen atoms in total. The average Bonchev–Trinajstić information content (AvgIpc) is 2.58. The minimum Gasteiger partial charge on any atom is -0.354 e. The molecule has 0 saturated heterocycles. The van der Waals surface area contributed by atoms with Crippen molar-refractivity contribution in [3.05, 3.63) is 24.0 Å². The van der Waals surface area contributed by atoms with Gasteiger partial charge >= 0.3 is 0 Å². The van der Waals surface area contributed by atoms with Crippen LogP contribution in [0.5, 0.6) is 0 Å². The summed E-state index contributed by atoms with van der Waals surface area (Å²) in [7, 11) is 0. The lowest BCUT2D eigenvalue weighted by molar-refractivity contribution is 0.559. The summed E-state index contributed by atoms with van der Waals surface area (Å²) in [6.07, 6.45) is 12.7. The Hall–Kier alpha value is -0.430. The Balaban J connectivity index is 0.00000196. The van der Waals surface area contributed by atoms with Gasteiger partial charge in [0, 0.05) is 18.9 Å². The molecule has 0 radical (unpaired) electrons. The molecule has 1 rings (SSSR count). The minimum atomic E-state index is 0. The van der Waals surface area contributed by atoms with Crippen molar-refractivity contribution in [1.82, 2.24) is 4.57 Å². The van der Waals surface area contributed by atoms with Crippen LogP contribution in [0.4, 0.5) is 0 Å². The van der Waals surface area contributed by atoms with Crippen LogP contribution in [0.15, 0.2) is 18.5 Å². The highest BCUT2D eigenvalue weighted by Crippen LogP contribution is 2.07. The second-order valence-electron chi connectivity index (χ2n) is 4.19. The number of halogens is 1. The van der Waals surface area contributed by atoms with E-state index in [9.17, 15) is 0 Å². The molecule has 0 saturated carbocycles. The molecule has 0 aliphatic heterocycles. The Morgan fingerprint density at radius 2 is 1.73 bits per heavy atom. The van der Waals surface area contributed by atoms with E-state index in [0.717, 1.165) is 0 Å².